The van der Waals surface area contributed by atoms with Gasteiger partial charge in [-0.2, -0.15) is 0 Å². The van der Waals surface area contributed by atoms with Crippen LogP contribution < -0.4 is 5.73 Å². The number of amides is 1. The molecule has 72 valence electrons. The first-order chi connectivity index (χ1) is 6.02. The van der Waals surface area contributed by atoms with Crippen molar-refractivity contribution in [3.8, 4) is 0 Å². The fraction of sp³-hybridized carbons (Fsp3) is 0.500. The number of primary amides is 1. The Morgan fingerprint density at radius 1 is 1.62 bits per heavy atom. The van der Waals surface area contributed by atoms with Gasteiger partial charge in [0, 0.05) is 11.2 Å². The van der Waals surface area contributed by atoms with Gasteiger partial charge in [-0.3, -0.25) is 4.79 Å². The highest BCUT2D eigenvalue weighted by molar-refractivity contribution is 7.93. The molecule has 5 nitrogen and oxygen atoms in total. The number of aromatic nitrogens is 2. The third-order valence-electron chi connectivity index (χ3n) is 1.22. The molecule has 0 bridgehead atoms. The summed E-state index contributed by atoms with van der Waals surface area (Å²) in [5.74, 6) is -0.635. The monoisotopic (exact) mass is 219 g/mol. The van der Waals surface area contributed by atoms with Gasteiger partial charge in [-0.1, -0.05) is 5.10 Å². The number of nitrogens with two attached hydrogens (primary N) is 1. The zero-order chi connectivity index (χ0) is 10.0. The van der Waals surface area contributed by atoms with Crippen LogP contribution in [0.3, 0.4) is 0 Å². The lowest BCUT2D eigenvalue weighted by Gasteiger charge is -2.08. The minimum Gasteiger partial charge on any atom is -0.609 e. The van der Waals surface area contributed by atoms with E-state index in [4.69, 9.17) is 5.73 Å². The van der Waals surface area contributed by atoms with E-state index in [1.165, 1.54) is 0 Å². The Morgan fingerprint density at radius 2 is 2.23 bits per heavy atom. The minimum atomic E-state index is -1.19. The van der Waals surface area contributed by atoms with Crippen LogP contribution in [0.1, 0.15) is 23.6 Å². The molecule has 0 fully saturated rings. The number of carbonyl (C=O) groups is 1. The summed E-state index contributed by atoms with van der Waals surface area (Å²) in [5.41, 5.74) is 4.97. The van der Waals surface area contributed by atoms with Gasteiger partial charge in [-0.15, -0.1) is 5.10 Å². The van der Waals surface area contributed by atoms with Gasteiger partial charge in [-0.25, -0.2) is 0 Å². The quantitative estimate of drug-likeness (QED) is 0.732. The largest absolute Gasteiger partial charge is 0.609 e. The molecule has 0 aliphatic rings. The fourth-order valence-electron chi connectivity index (χ4n) is 0.592. The summed E-state index contributed by atoms with van der Waals surface area (Å²) < 4.78 is 11.8. The van der Waals surface area contributed by atoms with Crippen LogP contribution >= 0.6 is 11.3 Å². The van der Waals surface area contributed by atoms with Gasteiger partial charge < -0.3 is 10.3 Å². The van der Waals surface area contributed by atoms with Gasteiger partial charge in [0.25, 0.3) is 5.91 Å². The maximum atomic E-state index is 11.4. The van der Waals surface area contributed by atoms with Crippen molar-refractivity contribution in [2.24, 2.45) is 5.73 Å². The summed E-state index contributed by atoms with van der Waals surface area (Å²) in [4.78, 5) is 10.6. The minimum absolute atomic E-state index is 0.0336. The zero-order valence-electron chi connectivity index (χ0n) is 7.18. The summed E-state index contributed by atoms with van der Waals surface area (Å²) in [5, 5.41) is 7.21. The Hall–Kier alpha value is -0.660. The number of nitrogens with zero attached hydrogens (tertiary/aromatic N) is 2. The molecular weight excluding hydrogens is 210 g/mol. The van der Waals surface area contributed by atoms with Crippen molar-refractivity contribution in [2.45, 2.75) is 23.4 Å². The molecule has 0 aliphatic carbocycles. The van der Waals surface area contributed by atoms with E-state index in [9.17, 15) is 9.35 Å². The van der Waals surface area contributed by atoms with Crippen LogP contribution in [0.2, 0.25) is 0 Å². The van der Waals surface area contributed by atoms with Crippen LogP contribution in [0.4, 0.5) is 0 Å². The van der Waals surface area contributed by atoms with Crippen LogP contribution in [-0.4, -0.2) is 25.9 Å². The van der Waals surface area contributed by atoms with Gasteiger partial charge in [0.05, 0.1) is 0 Å². The smallest absolute Gasteiger partial charge is 0.322 e. The van der Waals surface area contributed by atoms with Crippen molar-refractivity contribution in [3.63, 3.8) is 0 Å². The van der Waals surface area contributed by atoms with Crippen molar-refractivity contribution in [1.82, 2.24) is 10.2 Å². The predicted octanol–water partition coefficient (Wildman–Crippen LogP) is 0.153. The topological polar surface area (TPSA) is 91.9 Å². The zero-order valence-corrected chi connectivity index (χ0v) is 8.82. The molecule has 0 aliphatic heterocycles. The van der Waals surface area contributed by atoms with Gasteiger partial charge >= 0.3 is 4.34 Å². The highest BCUT2D eigenvalue weighted by Gasteiger charge is 2.22. The van der Waals surface area contributed by atoms with E-state index < -0.39 is 17.1 Å². The lowest BCUT2D eigenvalue weighted by Crippen LogP contribution is -2.13. The molecule has 0 aromatic carbocycles. The van der Waals surface area contributed by atoms with E-state index in [1.807, 2.05) is 0 Å². The number of hydrogen-bond donors (Lipinski definition) is 1. The third kappa shape index (κ3) is 2.39. The Labute approximate surface area is 82.5 Å². The molecule has 1 aromatic rings. The van der Waals surface area contributed by atoms with Crippen LogP contribution in [0.15, 0.2) is 4.34 Å². The second kappa shape index (κ2) is 4.03. The highest BCUT2D eigenvalue weighted by atomic mass is 32.2. The van der Waals surface area contributed by atoms with E-state index in [2.05, 4.69) is 10.2 Å². The van der Waals surface area contributed by atoms with Crippen LogP contribution in [0.5, 0.6) is 0 Å². The Morgan fingerprint density at radius 3 is 2.62 bits per heavy atom. The second-order valence-electron chi connectivity index (χ2n) is 2.58. The van der Waals surface area contributed by atoms with E-state index in [1.54, 1.807) is 13.8 Å². The summed E-state index contributed by atoms with van der Waals surface area (Å²) >= 11 is -0.213. The first kappa shape index (κ1) is 10.4. The highest BCUT2D eigenvalue weighted by Crippen LogP contribution is 2.19. The first-order valence-corrected chi connectivity index (χ1v) is 5.59. The molecule has 0 saturated carbocycles. The van der Waals surface area contributed by atoms with E-state index in [0.717, 1.165) is 11.3 Å². The maximum Gasteiger partial charge on any atom is 0.322 e. The van der Waals surface area contributed by atoms with Crippen LogP contribution in [0.25, 0.3) is 0 Å². The van der Waals surface area contributed by atoms with E-state index in [-0.39, 0.29) is 10.3 Å². The van der Waals surface area contributed by atoms with Crippen molar-refractivity contribution in [1.29, 1.82) is 0 Å². The van der Waals surface area contributed by atoms with Gasteiger partial charge in [0.2, 0.25) is 5.01 Å². The van der Waals surface area contributed by atoms with Crippen molar-refractivity contribution >= 4 is 28.4 Å². The van der Waals surface area contributed by atoms with E-state index in [0.29, 0.717) is 4.34 Å². The molecule has 1 rings (SSSR count). The van der Waals surface area contributed by atoms with Crippen molar-refractivity contribution in [2.75, 3.05) is 0 Å². The number of hydrogen-bond acceptors (Lipinski definition) is 5. The third-order valence-corrected chi connectivity index (χ3v) is 3.97. The molecule has 1 heterocycles. The van der Waals surface area contributed by atoms with E-state index >= 15 is 0 Å². The molecule has 1 amide bonds. The molecule has 0 spiro atoms. The normalized spacial score (nSPS) is 13.2. The lowest BCUT2D eigenvalue weighted by molar-refractivity contribution is 0.0999. The van der Waals surface area contributed by atoms with Crippen molar-refractivity contribution in [3.05, 3.63) is 5.01 Å². The predicted molar refractivity (Wildman–Crippen MR) is 50.0 cm³/mol. The molecule has 2 N–H and O–H groups in total. The average Bonchev–Trinajstić information content (AvgIpc) is 2.50. The molecule has 1 aromatic heterocycles. The molecule has 0 radical (unpaired) electrons. The van der Waals surface area contributed by atoms with Gasteiger partial charge in [0.1, 0.15) is 5.25 Å². The SMILES string of the molecule is CC(C)[S+]([O-])c1nnc(C(N)=O)s1. The molecule has 13 heavy (non-hydrogen) atoms. The van der Waals surface area contributed by atoms with Gasteiger partial charge in [0.15, 0.2) is 0 Å². The summed E-state index contributed by atoms with van der Waals surface area (Å²) in [6, 6.07) is 0. The Balaban J connectivity index is 2.85. The molecule has 1 unspecified atom stereocenters. The lowest BCUT2D eigenvalue weighted by atomic mass is 10.6. The maximum absolute atomic E-state index is 11.4. The standard InChI is InChI=1S/C6H9N3O2S2/c1-3(2)13(11)6-9-8-5(12-6)4(7)10/h3H,1-2H3,(H2,7,10). The summed E-state index contributed by atoms with van der Waals surface area (Å²) in [6.45, 7) is 3.61. The first-order valence-electron chi connectivity index (χ1n) is 3.56. The fourth-order valence-corrected chi connectivity index (χ4v) is 2.69. The second-order valence-corrected chi connectivity index (χ2v) is 5.74. The van der Waals surface area contributed by atoms with Crippen molar-refractivity contribution < 1.29 is 9.35 Å². The molecule has 0 saturated heterocycles. The Bertz CT molecular complexity index is 313. The van der Waals surface area contributed by atoms with Crippen LogP contribution in [0, 0.1) is 0 Å². The summed E-state index contributed by atoms with van der Waals surface area (Å²) in [7, 11) is 0. The molecule has 7 heteroatoms. The number of rotatable bonds is 3. The van der Waals surface area contributed by atoms with Gasteiger partial charge in [-0.05, 0) is 25.2 Å². The molecule has 1 atom stereocenters. The van der Waals surface area contributed by atoms with Crippen LogP contribution in [-0.2, 0) is 11.2 Å². The number of carbonyl (C=O) groups excluding carboxylic acids is 1. The average molecular weight is 219 g/mol. The summed E-state index contributed by atoms with van der Waals surface area (Å²) in [6.07, 6.45) is 0. The molecular formula is C6H9N3O2S2. The Kier molecular flexibility index (Phi) is 3.23.